The van der Waals surface area contributed by atoms with Gasteiger partial charge in [0.05, 0.1) is 6.61 Å². The topological polar surface area (TPSA) is 52.3 Å². The number of hydrogen-bond acceptors (Lipinski definition) is 4. The van der Waals surface area contributed by atoms with E-state index < -0.39 is 5.54 Å². The van der Waals surface area contributed by atoms with E-state index in [-0.39, 0.29) is 5.97 Å². The molecule has 1 rings (SSSR count). The lowest BCUT2D eigenvalue weighted by Crippen LogP contribution is -2.53. The van der Waals surface area contributed by atoms with Gasteiger partial charge in [0, 0.05) is 5.75 Å². The summed E-state index contributed by atoms with van der Waals surface area (Å²) >= 11 is 1.76. The minimum atomic E-state index is -0.741. The van der Waals surface area contributed by atoms with Crippen molar-refractivity contribution >= 4 is 17.7 Å². The molecule has 0 saturated heterocycles. The Labute approximate surface area is 102 Å². The summed E-state index contributed by atoms with van der Waals surface area (Å²) in [5.41, 5.74) is 5.48. The standard InChI is InChI=1S/C12H23NO2S/c1-4-15-11(14)12(13,10-5-6-10)8-16-7-9(2)3/h9-10H,4-8,13H2,1-3H3. The van der Waals surface area contributed by atoms with Crippen molar-refractivity contribution in [2.24, 2.45) is 17.6 Å². The molecular formula is C12H23NO2S. The van der Waals surface area contributed by atoms with Crippen LogP contribution in [0.2, 0.25) is 0 Å². The van der Waals surface area contributed by atoms with Gasteiger partial charge in [-0.2, -0.15) is 11.8 Å². The molecule has 0 aromatic rings. The third-order valence-corrected chi connectivity index (χ3v) is 4.34. The largest absolute Gasteiger partial charge is 0.465 e. The number of nitrogens with two attached hydrogens (primary N) is 1. The number of esters is 1. The van der Waals surface area contributed by atoms with Crippen molar-refractivity contribution in [3.63, 3.8) is 0 Å². The van der Waals surface area contributed by atoms with Gasteiger partial charge in [-0.15, -0.1) is 0 Å². The summed E-state index contributed by atoms with van der Waals surface area (Å²) in [6.07, 6.45) is 2.13. The van der Waals surface area contributed by atoms with Crippen LogP contribution in [0.4, 0.5) is 0 Å². The quantitative estimate of drug-likeness (QED) is 0.697. The fraction of sp³-hybridized carbons (Fsp3) is 0.917. The van der Waals surface area contributed by atoms with Crippen LogP contribution in [-0.2, 0) is 9.53 Å². The van der Waals surface area contributed by atoms with Gasteiger partial charge >= 0.3 is 5.97 Å². The Balaban J connectivity index is 2.48. The van der Waals surface area contributed by atoms with Crippen molar-refractivity contribution in [1.82, 2.24) is 0 Å². The fourth-order valence-electron chi connectivity index (χ4n) is 1.67. The molecule has 1 atom stereocenters. The Hall–Kier alpha value is -0.220. The van der Waals surface area contributed by atoms with Gasteiger partial charge in [-0.05, 0) is 37.4 Å². The number of rotatable bonds is 7. The van der Waals surface area contributed by atoms with Crippen LogP contribution < -0.4 is 5.73 Å². The zero-order valence-corrected chi connectivity index (χ0v) is 11.3. The lowest BCUT2D eigenvalue weighted by Gasteiger charge is -2.26. The molecular weight excluding hydrogens is 222 g/mol. The van der Waals surface area contributed by atoms with E-state index in [1.807, 2.05) is 6.92 Å². The first-order chi connectivity index (χ1) is 7.50. The second kappa shape index (κ2) is 5.92. The summed E-state index contributed by atoms with van der Waals surface area (Å²) in [6.45, 7) is 6.59. The van der Waals surface area contributed by atoms with E-state index in [1.54, 1.807) is 11.8 Å². The average molecular weight is 245 g/mol. The monoisotopic (exact) mass is 245 g/mol. The summed E-state index contributed by atoms with van der Waals surface area (Å²) in [7, 11) is 0. The highest BCUT2D eigenvalue weighted by molar-refractivity contribution is 7.99. The van der Waals surface area contributed by atoms with Crippen LogP contribution in [0.1, 0.15) is 33.6 Å². The maximum atomic E-state index is 11.9. The molecule has 3 nitrogen and oxygen atoms in total. The molecule has 16 heavy (non-hydrogen) atoms. The molecule has 1 unspecified atom stereocenters. The third kappa shape index (κ3) is 3.67. The SMILES string of the molecule is CCOC(=O)C(N)(CSCC(C)C)C1CC1. The fourth-order valence-corrected chi connectivity index (χ4v) is 2.95. The van der Waals surface area contributed by atoms with Gasteiger partial charge < -0.3 is 10.5 Å². The number of carbonyl (C=O) groups is 1. The summed E-state index contributed by atoms with van der Waals surface area (Å²) in [5, 5.41) is 0. The average Bonchev–Trinajstić information content (AvgIpc) is 3.00. The number of carbonyl (C=O) groups excluding carboxylic acids is 1. The number of ether oxygens (including phenoxy) is 1. The van der Waals surface area contributed by atoms with E-state index >= 15 is 0 Å². The van der Waals surface area contributed by atoms with Crippen LogP contribution in [0.15, 0.2) is 0 Å². The molecule has 1 aliphatic rings. The highest BCUT2D eigenvalue weighted by atomic mass is 32.2. The predicted molar refractivity (Wildman–Crippen MR) is 68.4 cm³/mol. The summed E-state index contributed by atoms with van der Waals surface area (Å²) < 4.78 is 5.09. The van der Waals surface area contributed by atoms with Crippen LogP contribution in [0.5, 0.6) is 0 Å². The lowest BCUT2D eigenvalue weighted by molar-refractivity contribution is -0.149. The van der Waals surface area contributed by atoms with Gasteiger partial charge in [0.25, 0.3) is 0 Å². The van der Waals surface area contributed by atoms with Gasteiger partial charge in [-0.1, -0.05) is 13.8 Å². The van der Waals surface area contributed by atoms with E-state index in [0.717, 1.165) is 18.6 Å². The molecule has 0 amide bonds. The van der Waals surface area contributed by atoms with Crippen molar-refractivity contribution in [1.29, 1.82) is 0 Å². The van der Waals surface area contributed by atoms with Gasteiger partial charge in [-0.25, -0.2) is 0 Å². The predicted octanol–water partition coefficient (Wildman–Crippen LogP) is 2.05. The molecule has 0 aliphatic heterocycles. The van der Waals surface area contributed by atoms with Gasteiger partial charge in [0.15, 0.2) is 0 Å². The minimum Gasteiger partial charge on any atom is -0.465 e. The van der Waals surface area contributed by atoms with Crippen LogP contribution in [-0.4, -0.2) is 29.6 Å². The first-order valence-electron chi connectivity index (χ1n) is 6.04. The van der Waals surface area contributed by atoms with Gasteiger partial charge in [-0.3, -0.25) is 4.79 Å². The first kappa shape index (κ1) is 13.8. The minimum absolute atomic E-state index is 0.214. The van der Waals surface area contributed by atoms with Crippen LogP contribution in [0.3, 0.4) is 0 Å². The molecule has 0 bridgehead atoms. The third-order valence-electron chi connectivity index (χ3n) is 2.75. The van der Waals surface area contributed by atoms with Crippen molar-refractivity contribution < 1.29 is 9.53 Å². The van der Waals surface area contributed by atoms with Crippen LogP contribution in [0.25, 0.3) is 0 Å². The van der Waals surface area contributed by atoms with Gasteiger partial charge in [0.2, 0.25) is 0 Å². The second-order valence-corrected chi connectivity index (χ2v) is 5.97. The van der Waals surface area contributed by atoms with Crippen molar-refractivity contribution in [2.45, 2.75) is 39.2 Å². The highest BCUT2D eigenvalue weighted by Gasteiger charge is 2.48. The molecule has 94 valence electrons. The molecule has 0 spiro atoms. The molecule has 1 aliphatic carbocycles. The maximum absolute atomic E-state index is 11.9. The summed E-state index contributed by atoms with van der Waals surface area (Å²) in [5.74, 6) is 2.50. The number of thioether (sulfide) groups is 1. The van der Waals surface area contributed by atoms with E-state index in [9.17, 15) is 4.79 Å². The molecule has 0 aromatic carbocycles. The van der Waals surface area contributed by atoms with E-state index in [2.05, 4.69) is 13.8 Å². The maximum Gasteiger partial charge on any atom is 0.327 e. The zero-order valence-electron chi connectivity index (χ0n) is 10.5. The first-order valence-corrected chi connectivity index (χ1v) is 7.20. The van der Waals surface area contributed by atoms with Crippen molar-refractivity contribution in [3.8, 4) is 0 Å². The second-order valence-electron chi connectivity index (χ2n) is 4.94. The van der Waals surface area contributed by atoms with Crippen LogP contribution >= 0.6 is 11.8 Å². The molecule has 0 radical (unpaired) electrons. The van der Waals surface area contributed by atoms with Crippen molar-refractivity contribution in [2.75, 3.05) is 18.1 Å². The zero-order chi connectivity index (χ0) is 12.2. The molecule has 2 N–H and O–H groups in total. The Morgan fingerprint density at radius 2 is 2.19 bits per heavy atom. The lowest BCUT2D eigenvalue weighted by atomic mass is 9.97. The van der Waals surface area contributed by atoms with E-state index in [0.29, 0.717) is 24.2 Å². The molecule has 0 heterocycles. The Kier molecular flexibility index (Phi) is 5.12. The Morgan fingerprint density at radius 3 is 2.62 bits per heavy atom. The highest BCUT2D eigenvalue weighted by Crippen LogP contribution is 2.40. The van der Waals surface area contributed by atoms with E-state index in [1.165, 1.54) is 0 Å². The molecule has 1 fully saturated rings. The molecule has 4 heteroatoms. The van der Waals surface area contributed by atoms with Gasteiger partial charge in [0.1, 0.15) is 5.54 Å². The Bertz CT molecular complexity index is 241. The molecule has 0 aromatic heterocycles. The Morgan fingerprint density at radius 1 is 1.56 bits per heavy atom. The summed E-state index contributed by atoms with van der Waals surface area (Å²) in [6, 6.07) is 0. The smallest absolute Gasteiger partial charge is 0.327 e. The number of hydrogen-bond donors (Lipinski definition) is 1. The normalized spacial score (nSPS) is 19.6. The van der Waals surface area contributed by atoms with Crippen LogP contribution in [0, 0.1) is 11.8 Å². The summed E-state index contributed by atoms with van der Waals surface area (Å²) in [4.78, 5) is 11.9. The van der Waals surface area contributed by atoms with E-state index in [4.69, 9.17) is 10.5 Å². The molecule has 1 saturated carbocycles. The van der Waals surface area contributed by atoms with Crippen molar-refractivity contribution in [3.05, 3.63) is 0 Å².